The summed E-state index contributed by atoms with van der Waals surface area (Å²) in [6.45, 7) is 0. The minimum absolute atomic E-state index is 0.389. The van der Waals surface area contributed by atoms with Crippen LogP contribution >= 0.6 is 23.2 Å². The number of aliphatic hydroxyl groups is 1. The third-order valence-electron chi connectivity index (χ3n) is 2.46. The summed E-state index contributed by atoms with van der Waals surface area (Å²) in [6.07, 6.45) is 2.36. The van der Waals surface area contributed by atoms with Crippen molar-refractivity contribution >= 4 is 23.2 Å². The van der Waals surface area contributed by atoms with Crippen LogP contribution in [-0.4, -0.2) is 5.11 Å². The fourth-order valence-electron chi connectivity index (χ4n) is 1.81. The number of benzene rings is 1. The van der Waals surface area contributed by atoms with E-state index < -0.39 is 0 Å². The van der Waals surface area contributed by atoms with Gasteiger partial charge in [0.15, 0.2) is 0 Å². The quantitative estimate of drug-likeness (QED) is 0.706. The highest BCUT2D eigenvalue weighted by Gasteiger charge is 2.20. The zero-order valence-corrected chi connectivity index (χ0v) is 8.57. The van der Waals surface area contributed by atoms with Crippen molar-refractivity contribution in [2.24, 2.45) is 0 Å². The molecule has 0 saturated carbocycles. The van der Waals surface area contributed by atoms with Crippen molar-refractivity contribution in [3.63, 3.8) is 0 Å². The highest BCUT2D eigenvalue weighted by atomic mass is 35.5. The number of aliphatic hydroxyl groups excluding tert-OH is 1. The first kappa shape index (κ1) is 9.32. The summed E-state index contributed by atoms with van der Waals surface area (Å²) in [6, 6.07) is 3.55. The summed E-state index contributed by atoms with van der Waals surface area (Å²) in [5.74, 6) is 0. The van der Waals surface area contributed by atoms with Gasteiger partial charge in [-0.3, -0.25) is 0 Å². The van der Waals surface area contributed by atoms with Crippen LogP contribution in [-0.2, 0) is 6.42 Å². The van der Waals surface area contributed by atoms with Crippen LogP contribution in [0.3, 0.4) is 0 Å². The fraction of sp³-hybridized carbons (Fsp3) is 0.400. The number of hydrogen-bond acceptors (Lipinski definition) is 1. The normalized spacial score (nSPS) is 21.3. The molecule has 0 radical (unpaired) electrons. The van der Waals surface area contributed by atoms with Crippen LogP contribution in [0.4, 0.5) is 0 Å². The lowest BCUT2D eigenvalue weighted by molar-refractivity contribution is 0.156. The standard InChI is InChI=1S/C10H10Cl2O/c11-6-4-8-7(9(12)5-6)2-1-3-10(8)13/h4-5,10,13H,1-3H2/t10-/m0/s1. The van der Waals surface area contributed by atoms with Crippen molar-refractivity contribution in [1.82, 2.24) is 0 Å². The molecule has 0 saturated heterocycles. The van der Waals surface area contributed by atoms with E-state index in [9.17, 15) is 5.11 Å². The summed E-state index contributed by atoms with van der Waals surface area (Å²) in [5.41, 5.74) is 1.97. The molecule has 0 unspecified atom stereocenters. The van der Waals surface area contributed by atoms with Crippen molar-refractivity contribution in [3.8, 4) is 0 Å². The van der Waals surface area contributed by atoms with E-state index in [1.807, 2.05) is 6.07 Å². The molecule has 0 fully saturated rings. The van der Waals surface area contributed by atoms with Gasteiger partial charge in [0.1, 0.15) is 0 Å². The second-order valence-electron chi connectivity index (χ2n) is 3.36. The fourth-order valence-corrected chi connectivity index (χ4v) is 2.42. The summed E-state index contributed by atoms with van der Waals surface area (Å²) in [7, 11) is 0. The summed E-state index contributed by atoms with van der Waals surface area (Å²) >= 11 is 11.9. The lowest BCUT2D eigenvalue weighted by Crippen LogP contribution is -2.09. The molecule has 1 nitrogen and oxygen atoms in total. The van der Waals surface area contributed by atoms with E-state index in [0.717, 1.165) is 30.4 Å². The van der Waals surface area contributed by atoms with Crippen LogP contribution in [0.25, 0.3) is 0 Å². The smallest absolute Gasteiger partial charge is 0.0793 e. The van der Waals surface area contributed by atoms with Crippen LogP contribution in [0.2, 0.25) is 10.0 Å². The maximum absolute atomic E-state index is 9.69. The topological polar surface area (TPSA) is 20.2 Å². The van der Waals surface area contributed by atoms with Crippen LogP contribution in [0.15, 0.2) is 12.1 Å². The Morgan fingerprint density at radius 1 is 1.31 bits per heavy atom. The first-order chi connectivity index (χ1) is 6.18. The molecular weight excluding hydrogens is 207 g/mol. The molecule has 1 aromatic rings. The van der Waals surface area contributed by atoms with Gasteiger partial charge in [0.25, 0.3) is 0 Å². The Balaban J connectivity index is 2.56. The Hall–Kier alpha value is -0.240. The minimum atomic E-state index is -0.389. The van der Waals surface area contributed by atoms with Gasteiger partial charge in [-0.05, 0) is 42.5 Å². The predicted octanol–water partition coefficient (Wildman–Crippen LogP) is 3.36. The SMILES string of the molecule is O[C@H]1CCCc2c(Cl)cc(Cl)cc21. The van der Waals surface area contributed by atoms with E-state index in [1.165, 1.54) is 0 Å². The Labute approximate surface area is 87.3 Å². The molecule has 2 rings (SSSR count). The summed E-state index contributed by atoms with van der Waals surface area (Å²) in [4.78, 5) is 0. The molecule has 3 heteroatoms. The van der Waals surface area contributed by atoms with Crippen molar-refractivity contribution in [1.29, 1.82) is 0 Å². The zero-order valence-electron chi connectivity index (χ0n) is 7.06. The van der Waals surface area contributed by atoms with E-state index in [-0.39, 0.29) is 6.10 Å². The van der Waals surface area contributed by atoms with E-state index in [4.69, 9.17) is 23.2 Å². The molecule has 0 bridgehead atoms. The average Bonchev–Trinajstić information content (AvgIpc) is 2.07. The van der Waals surface area contributed by atoms with Gasteiger partial charge in [0.2, 0.25) is 0 Å². The van der Waals surface area contributed by atoms with Gasteiger partial charge in [-0.2, -0.15) is 0 Å². The molecule has 1 aliphatic carbocycles. The highest BCUT2D eigenvalue weighted by Crippen LogP contribution is 2.36. The summed E-state index contributed by atoms with van der Waals surface area (Å²) < 4.78 is 0. The zero-order chi connectivity index (χ0) is 9.42. The molecule has 1 N–H and O–H groups in total. The van der Waals surface area contributed by atoms with E-state index >= 15 is 0 Å². The third kappa shape index (κ3) is 1.69. The Morgan fingerprint density at radius 3 is 2.85 bits per heavy atom. The van der Waals surface area contributed by atoms with Crippen molar-refractivity contribution < 1.29 is 5.11 Å². The van der Waals surface area contributed by atoms with Gasteiger partial charge in [-0.1, -0.05) is 23.2 Å². The number of rotatable bonds is 0. The molecule has 1 aliphatic rings. The largest absolute Gasteiger partial charge is 0.388 e. The Morgan fingerprint density at radius 2 is 2.08 bits per heavy atom. The predicted molar refractivity (Wildman–Crippen MR) is 54.4 cm³/mol. The molecule has 0 aliphatic heterocycles. The van der Waals surface area contributed by atoms with E-state index in [2.05, 4.69) is 0 Å². The second kappa shape index (κ2) is 3.49. The Kier molecular flexibility index (Phi) is 2.50. The van der Waals surface area contributed by atoms with Crippen LogP contribution in [0.1, 0.15) is 30.1 Å². The molecule has 0 amide bonds. The van der Waals surface area contributed by atoms with Gasteiger partial charge in [-0.25, -0.2) is 0 Å². The lowest BCUT2D eigenvalue weighted by atomic mass is 9.89. The Bertz CT molecular complexity index is 336. The van der Waals surface area contributed by atoms with Crippen molar-refractivity contribution in [3.05, 3.63) is 33.3 Å². The molecule has 1 aromatic carbocycles. The number of halogens is 2. The van der Waals surface area contributed by atoms with Crippen LogP contribution in [0, 0.1) is 0 Å². The molecular formula is C10H10Cl2O. The molecule has 0 spiro atoms. The number of fused-ring (bicyclic) bond motifs is 1. The molecule has 1 atom stereocenters. The van der Waals surface area contributed by atoms with Gasteiger partial charge < -0.3 is 5.11 Å². The highest BCUT2D eigenvalue weighted by molar-refractivity contribution is 6.35. The summed E-state index contributed by atoms with van der Waals surface area (Å²) in [5, 5.41) is 11.0. The second-order valence-corrected chi connectivity index (χ2v) is 4.21. The maximum Gasteiger partial charge on any atom is 0.0793 e. The lowest BCUT2D eigenvalue weighted by Gasteiger charge is -2.22. The first-order valence-corrected chi connectivity index (χ1v) is 5.10. The number of hydrogen-bond donors (Lipinski definition) is 1. The van der Waals surface area contributed by atoms with Gasteiger partial charge in [0, 0.05) is 10.0 Å². The molecule has 13 heavy (non-hydrogen) atoms. The first-order valence-electron chi connectivity index (χ1n) is 4.34. The van der Waals surface area contributed by atoms with Gasteiger partial charge in [0.05, 0.1) is 6.10 Å². The van der Waals surface area contributed by atoms with Gasteiger partial charge >= 0.3 is 0 Å². The van der Waals surface area contributed by atoms with Crippen molar-refractivity contribution in [2.75, 3.05) is 0 Å². The molecule has 70 valence electrons. The van der Waals surface area contributed by atoms with Crippen molar-refractivity contribution in [2.45, 2.75) is 25.4 Å². The molecule has 0 heterocycles. The van der Waals surface area contributed by atoms with Crippen LogP contribution < -0.4 is 0 Å². The van der Waals surface area contributed by atoms with Gasteiger partial charge in [-0.15, -0.1) is 0 Å². The van der Waals surface area contributed by atoms with E-state index in [0.29, 0.717) is 10.0 Å². The maximum atomic E-state index is 9.69. The van der Waals surface area contributed by atoms with E-state index in [1.54, 1.807) is 6.07 Å². The minimum Gasteiger partial charge on any atom is -0.388 e. The third-order valence-corrected chi connectivity index (χ3v) is 3.01. The monoisotopic (exact) mass is 216 g/mol. The molecule has 0 aromatic heterocycles. The average molecular weight is 217 g/mol. The van der Waals surface area contributed by atoms with Crippen LogP contribution in [0.5, 0.6) is 0 Å².